The molecule has 2 rings (SSSR count). The van der Waals surface area contributed by atoms with Crippen molar-refractivity contribution < 1.29 is 22.4 Å². The fourth-order valence-corrected chi connectivity index (χ4v) is 7.10. The fourth-order valence-electron chi connectivity index (χ4n) is 3.57. The molecule has 1 aromatic heterocycles. The number of aryl methyl sites for hydroxylation is 1. The van der Waals surface area contributed by atoms with Crippen molar-refractivity contribution >= 4 is 33.3 Å². The molecule has 1 unspecified atom stereocenters. The molecule has 0 N–H and O–H groups in total. The van der Waals surface area contributed by atoms with Gasteiger partial charge in [0.1, 0.15) is 18.3 Å². The minimum absolute atomic E-state index is 0.280. The molecule has 34 heavy (non-hydrogen) atoms. The standard InChI is InChI=1S/C22H46N2O6Si4/c1-16-14-24(22(23-20(16)25)30-34(11,12)13)21-19(29-33(8,9)10)18(28-32(5,6)7)17(27-21)15-26-31(2,3)4/h14,17-19,21H,15H2,1-13H3/t17-,18+,19?,21-/m0/s1. The monoisotopic (exact) mass is 546 g/mol. The van der Waals surface area contributed by atoms with Crippen LogP contribution < -0.4 is 9.99 Å². The lowest BCUT2D eigenvalue weighted by molar-refractivity contribution is -0.0503. The van der Waals surface area contributed by atoms with Crippen LogP contribution in [0.25, 0.3) is 0 Å². The van der Waals surface area contributed by atoms with Crippen LogP contribution in [0.5, 0.6) is 6.01 Å². The first-order valence-electron chi connectivity index (χ1n) is 12.1. The highest BCUT2D eigenvalue weighted by atomic mass is 28.4. The van der Waals surface area contributed by atoms with Gasteiger partial charge in [-0.15, -0.1) is 0 Å². The first kappa shape index (κ1) is 29.6. The van der Waals surface area contributed by atoms with Crippen LogP contribution in [0.3, 0.4) is 0 Å². The van der Waals surface area contributed by atoms with E-state index in [1.165, 1.54) is 0 Å². The van der Waals surface area contributed by atoms with Crippen LogP contribution in [0.4, 0.5) is 0 Å². The second-order valence-electron chi connectivity index (χ2n) is 13.0. The van der Waals surface area contributed by atoms with Crippen LogP contribution in [0.1, 0.15) is 11.8 Å². The maximum Gasteiger partial charge on any atom is 0.288 e. The highest BCUT2D eigenvalue weighted by Gasteiger charge is 2.51. The third kappa shape index (κ3) is 9.12. The summed E-state index contributed by atoms with van der Waals surface area (Å²) in [5.41, 5.74) is 0.237. The van der Waals surface area contributed by atoms with Gasteiger partial charge >= 0.3 is 0 Å². The summed E-state index contributed by atoms with van der Waals surface area (Å²) in [6, 6.07) is 0.280. The summed E-state index contributed by atoms with van der Waals surface area (Å²) in [6.07, 6.45) is 0.273. The quantitative estimate of drug-likeness (QED) is 0.384. The van der Waals surface area contributed by atoms with E-state index in [9.17, 15) is 4.79 Å². The Morgan fingerprint density at radius 1 is 0.853 bits per heavy atom. The molecule has 0 radical (unpaired) electrons. The summed E-state index contributed by atoms with van der Waals surface area (Å²) in [7, 11) is -7.78. The normalized spacial score (nSPS) is 24.5. The molecular formula is C22H46N2O6Si4. The maximum atomic E-state index is 12.4. The van der Waals surface area contributed by atoms with Gasteiger partial charge in [-0.1, -0.05) is 0 Å². The number of hydrogen-bond acceptors (Lipinski definition) is 7. The summed E-state index contributed by atoms with van der Waals surface area (Å²) in [5.74, 6) is 0. The van der Waals surface area contributed by atoms with E-state index in [0.29, 0.717) is 12.2 Å². The molecule has 0 saturated carbocycles. The molecule has 1 aliphatic rings. The lowest BCUT2D eigenvalue weighted by Gasteiger charge is -2.35. The van der Waals surface area contributed by atoms with Crippen molar-refractivity contribution in [2.45, 2.75) is 110 Å². The molecule has 12 heteroatoms. The summed E-state index contributed by atoms with van der Waals surface area (Å²) in [5, 5.41) is 0. The summed E-state index contributed by atoms with van der Waals surface area (Å²) < 4.78 is 34.5. The minimum atomic E-state index is -2.06. The molecule has 8 nitrogen and oxygen atoms in total. The Morgan fingerprint density at radius 2 is 1.38 bits per heavy atom. The SMILES string of the molecule is Cc1cn([C@H]2O[C@@H](CO[Si](C)(C)C)[C@@H](O[Si](C)(C)C)C2O[Si](C)(C)C)c(O[Si](C)(C)C)nc1=O. The third-order valence-corrected chi connectivity index (χ3v) is 8.49. The van der Waals surface area contributed by atoms with Gasteiger partial charge in [-0.2, -0.15) is 4.98 Å². The summed E-state index contributed by atoms with van der Waals surface area (Å²) in [6.45, 7) is 27.9. The predicted molar refractivity (Wildman–Crippen MR) is 147 cm³/mol. The second kappa shape index (κ2) is 10.4. The van der Waals surface area contributed by atoms with Crippen molar-refractivity contribution in [3.8, 4) is 6.01 Å². The highest BCUT2D eigenvalue weighted by Crippen LogP contribution is 2.39. The zero-order chi connectivity index (χ0) is 26.3. The van der Waals surface area contributed by atoms with Gasteiger partial charge in [0.25, 0.3) is 11.6 Å². The average Bonchev–Trinajstić information content (AvgIpc) is 2.88. The zero-order valence-electron chi connectivity index (χ0n) is 23.4. The Labute approximate surface area is 209 Å². The third-order valence-electron chi connectivity index (χ3n) is 4.71. The van der Waals surface area contributed by atoms with Crippen LogP contribution in [-0.2, 0) is 18.0 Å². The molecule has 0 aromatic carbocycles. The van der Waals surface area contributed by atoms with Crippen molar-refractivity contribution in [2.24, 2.45) is 0 Å². The Hall–Kier alpha value is -0.612. The molecule has 1 saturated heterocycles. The van der Waals surface area contributed by atoms with Crippen molar-refractivity contribution in [3.63, 3.8) is 0 Å². The second-order valence-corrected chi connectivity index (χ2v) is 30.9. The summed E-state index contributed by atoms with van der Waals surface area (Å²) in [4.78, 5) is 16.7. The van der Waals surface area contributed by atoms with Crippen molar-refractivity contribution in [3.05, 3.63) is 22.1 Å². The highest BCUT2D eigenvalue weighted by molar-refractivity contribution is 6.71. The van der Waals surface area contributed by atoms with Crippen LogP contribution in [0.2, 0.25) is 78.6 Å². The van der Waals surface area contributed by atoms with Crippen molar-refractivity contribution in [2.75, 3.05) is 6.61 Å². The van der Waals surface area contributed by atoms with Crippen LogP contribution in [0.15, 0.2) is 11.0 Å². The number of aromatic nitrogens is 2. The zero-order valence-corrected chi connectivity index (χ0v) is 27.4. The van der Waals surface area contributed by atoms with E-state index in [0.717, 1.165) is 0 Å². The molecule has 0 bridgehead atoms. The van der Waals surface area contributed by atoms with Crippen molar-refractivity contribution in [1.82, 2.24) is 9.55 Å². The van der Waals surface area contributed by atoms with Crippen LogP contribution in [-0.4, -0.2) is 67.7 Å². The van der Waals surface area contributed by atoms with Gasteiger partial charge in [-0.05, 0) is 85.5 Å². The molecule has 2 heterocycles. The van der Waals surface area contributed by atoms with Gasteiger partial charge in [0.15, 0.2) is 31.2 Å². The van der Waals surface area contributed by atoms with E-state index in [4.69, 9.17) is 22.4 Å². The lowest BCUT2D eigenvalue weighted by Crippen LogP contribution is -2.48. The Balaban J connectivity index is 2.62. The molecule has 1 aliphatic heterocycles. The molecular weight excluding hydrogens is 501 g/mol. The van der Waals surface area contributed by atoms with Crippen LogP contribution in [0, 0.1) is 6.92 Å². The molecule has 0 aliphatic carbocycles. The summed E-state index contributed by atoms with van der Waals surface area (Å²) >= 11 is 0. The maximum absolute atomic E-state index is 12.4. The largest absolute Gasteiger partial charge is 0.519 e. The fraction of sp³-hybridized carbons (Fsp3) is 0.818. The van der Waals surface area contributed by atoms with Gasteiger partial charge < -0.3 is 22.4 Å². The van der Waals surface area contributed by atoms with E-state index in [2.05, 4.69) is 83.5 Å². The average molecular weight is 547 g/mol. The number of hydrogen-bond donors (Lipinski definition) is 0. The van der Waals surface area contributed by atoms with E-state index < -0.39 is 39.5 Å². The van der Waals surface area contributed by atoms with E-state index in [-0.39, 0.29) is 29.9 Å². The minimum Gasteiger partial charge on any atom is -0.519 e. The Bertz CT molecular complexity index is 899. The Morgan fingerprint density at radius 3 is 1.85 bits per heavy atom. The molecule has 1 aromatic rings. The molecule has 4 atom stereocenters. The Kier molecular flexibility index (Phi) is 9.06. The number of rotatable bonds is 10. The first-order valence-corrected chi connectivity index (χ1v) is 25.7. The molecule has 0 spiro atoms. The van der Waals surface area contributed by atoms with Crippen molar-refractivity contribution in [1.29, 1.82) is 0 Å². The van der Waals surface area contributed by atoms with Gasteiger partial charge in [0.05, 0.1) is 6.61 Å². The molecule has 1 fully saturated rings. The molecule has 0 amide bonds. The topological polar surface area (TPSA) is 81.0 Å². The smallest absolute Gasteiger partial charge is 0.288 e. The number of ether oxygens (including phenoxy) is 1. The first-order chi connectivity index (χ1) is 15.2. The lowest BCUT2D eigenvalue weighted by atomic mass is 10.1. The van der Waals surface area contributed by atoms with Gasteiger partial charge in [-0.25, -0.2) is 0 Å². The van der Waals surface area contributed by atoms with Gasteiger partial charge in [0.2, 0.25) is 8.32 Å². The predicted octanol–water partition coefficient (Wildman–Crippen LogP) is 4.95. The number of nitrogens with zero attached hydrogens (tertiary/aromatic N) is 2. The van der Waals surface area contributed by atoms with E-state index in [1.807, 2.05) is 4.57 Å². The van der Waals surface area contributed by atoms with E-state index in [1.54, 1.807) is 13.1 Å². The molecule has 196 valence electrons. The van der Waals surface area contributed by atoms with Gasteiger partial charge in [-0.3, -0.25) is 9.36 Å². The van der Waals surface area contributed by atoms with E-state index >= 15 is 0 Å². The van der Waals surface area contributed by atoms with Crippen LogP contribution >= 0.6 is 0 Å². The van der Waals surface area contributed by atoms with Gasteiger partial charge in [0, 0.05) is 11.8 Å².